The zero-order chi connectivity index (χ0) is 30.1. The van der Waals surface area contributed by atoms with Gasteiger partial charge < -0.3 is 26.5 Å². The monoisotopic (exact) mass is 580 g/mol. The molecule has 11 heteroatoms. The SMILES string of the molecule is CN/C(Cc1ccccc1)=C(\C=N)C(=O)N1CCC(O)(Cn2cnn3c(-c4ccc5c(c4)CC(N)C5)cnc3c2=O)CC1. The second-order valence-electron chi connectivity index (χ2n) is 11.6. The number of likely N-dealkylation sites (N-methyl/N-ethyl adjacent to an activating group) is 1. The predicted molar refractivity (Wildman–Crippen MR) is 164 cm³/mol. The number of aliphatic hydroxyl groups is 1. The minimum atomic E-state index is -1.20. The van der Waals surface area contributed by atoms with Crippen LogP contribution in [0.3, 0.4) is 0 Å². The number of nitrogens with one attached hydrogen (secondary N) is 2. The number of hydrogen-bond acceptors (Lipinski definition) is 8. The molecule has 0 spiro atoms. The Morgan fingerprint density at radius 3 is 2.63 bits per heavy atom. The van der Waals surface area contributed by atoms with E-state index in [2.05, 4.69) is 27.5 Å². The Morgan fingerprint density at radius 2 is 1.91 bits per heavy atom. The van der Waals surface area contributed by atoms with Gasteiger partial charge >= 0.3 is 0 Å². The molecular formula is C32H36N8O3. The second kappa shape index (κ2) is 11.6. The lowest BCUT2D eigenvalue weighted by Gasteiger charge is -2.38. The van der Waals surface area contributed by atoms with Crippen LogP contribution < -0.4 is 16.6 Å². The Hall–Kier alpha value is -4.61. The maximum atomic E-state index is 13.4. The molecule has 1 aliphatic carbocycles. The molecule has 5 N–H and O–H groups in total. The first-order valence-corrected chi connectivity index (χ1v) is 14.6. The second-order valence-corrected chi connectivity index (χ2v) is 11.6. The standard InChI is InChI=1S/C32H36N8O3/c1-35-27(13-21-5-3-2-4-6-21)26(17-33)30(41)38-11-9-32(43,10-12-38)19-39-20-37-40-28(18-36-29(40)31(39)42)23-8-7-22-15-25(34)16-24(22)14-23/h2-8,14,17-18,20,25,33,35,43H,9-13,15-16,19,34H2,1H3/b27-26+,33-17?. The van der Waals surface area contributed by atoms with Crippen molar-refractivity contribution in [2.45, 2.75) is 50.3 Å². The Labute approximate surface area is 249 Å². The Bertz CT molecular complexity index is 1770. The molecular weight excluding hydrogens is 544 g/mol. The summed E-state index contributed by atoms with van der Waals surface area (Å²) in [6, 6.07) is 16.1. The number of piperidine rings is 1. The van der Waals surface area contributed by atoms with Crippen LogP contribution in [-0.2, 0) is 30.6 Å². The molecule has 43 heavy (non-hydrogen) atoms. The van der Waals surface area contributed by atoms with Gasteiger partial charge in [-0.2, -0.15) is 5.10 Å². The molecule has 1 atom stereocenters. The predicted octanol–water partition coefficient (Wildman–Crippen LogP) is 1.70. The van der Waals surface area contributed by atoms with Crippen LogP contribution in [0.5, 0.6) is 0 Å². The van der Waals surface area contributed by atoms with E-state index < -0.39 is 5.60 Å². The fourth-order valence-corrected chi connectivity index (χ4v) is 6.19. The van der Waals surface area contributed by atoms with E-state index in [-0.39, 0.29) is 42.5 Å². The number of benzene rings is 2. The highest BCUT2D eigenvalue weighted by Gasteiger charge is 2.36. The minimum absolute atomic E-state index is 0.0410. The highest BCUT2D eigenvalue weighted by atomic mass is 16.3. The van der Waals surface area contributed by atoms with E-state index in [0.717, 1.165) is 35.9 Å². The van der Waals surface area contributed by atoms with Crippen molar-refractivity contribution in [2.24, 2.45) is 5.73 Å². The topological polar surface area (TPSA) is 155 Å². The lowest BCUT2D eigenvalue weighted by Crippen LogP contribution is -2.50. The van der Waals surface area contributed by atoms with Gasteiger partial charge in [0.05, 0.1) is 29.6 Å². The number of carbonyl (C=O) groups excluding carboxylic acids is 1. The summed E-state index contributed by atoms with van der Waals surface area (Å²) in [5, 5.41) is 27.0. The third kappa shape index (κ3) is 5.61. The van der Waals surface area contributed by atoms with E-state index in [4.69, 9.17) is 11.1 Å². The van der Waals surface area contributed by atoms with Gasteiger partial charge in [0.15, 0.2) is 0 Å². The van der Waals surface area contributed by atoms with Gasteiger partial charge in [-0.15, -0.1) is 0 Å². The van der Waals surface area contributed by atoms with Crippen LogP contribution in [0.1, 0.15) is 29.5 Å². The number of nitrogens with two attached hydrogens (primary N) is 1. The zero-order valence-corrected chi connectivity index (χ0v) is 24.2. The fourth-order valence-electron chi connectivity index (χ4n) is 6.19. The van der Waals surface area contributed by atoms with Crippen molar-refractivity contribution in [1.82, 2.24) is 29.4 Å². The van der Waals surface area contributed by atoms with Crippen LogP contribution in [0, 0.1) is 5.41 Å². The van der Waals surface area contributed by atoms with Gasteiger partial charge in [-0.3, -0.25) is 14.2 Å². The highest BCUT2D eigenvalue weighted by molar-refractivity contribution is 6.12. The molecule has 6 rings (SSSR count). The molecule has 222 valence electrons. The van der Waals surface area contributed by atoms with Crippen molar-refractivity contribution in [3.63, 3.8) is 0 Å². The third-order valence-electron chi connectivity index (χ3n) is 8.63. The number of amides is 1. The van der Waals surface area contributed by atoms with E-state index in [1.165, 1.54) is 22.0 Å². The summed E-state index contributed by atoms with van der Waals surface area (Å²) >= 11 is 0. The Kier molecular flexibility index (Phi) is 7.68. The fraction of sp³-hybridized carbons (Fsp3) is 0.344. The molecule has 2 aliphatic rings. The number of hydrogen-bond donors (Lipinski definition) is 4. The van der Waals surface area contributed by atoms with Crippen LogP contribution in [0.2, 0.25) is 0 Å². The summed E-state index contributed by atoms with van der Waals surface area (Å²) < 4.78 is 2.94. The molecule has 3 heterocycles. The van der Waals surface area contributed by atoms with Crippen molar-refractivity contribution < 1.29 is 9.90 Å². The number of aromatic nitrogens is 4. The van der Waals surface area contributed by atoms with Gasteiger partial charge in [0, 0.05) is 50.1 Å². The van der Waals surface area contributed by atoms with E-state index in [1.807, 2.05) is 36.4 Å². The lowest BCUT2D eigenvalue weighted by atomic mass is 9.90. The average Bonchev–Trinajstić information content (AvgIpc) is 3.62. The smallest absolute Gasteiger partial charge is 0.296 e. The molecule has 4 aromatic rings. The quantitative estimate of drug-likeness (QED) is 0.183. The summed E-state index contributed by atoms with van der Waals surface area (Å²) in [6.45, 7) is 0.642. The summed E-state index contributed by atoms with van der Waals surface area (Å²) in [7, 11) is 1.75. The lowest BCUT2D eigenvalue weighted by molar-refractivity contribution is -0.131. The Balaban J connectivity index is 1.16. The zero-order valence-electron chi connectivity index (χ0n) is 24.2. The van der Waals surface area contributed by atoms with Gasteiger partial charge in [-0.1, -0.05) is 42.5 Å². The number of imidazole rings is 1. The first-order chi connectivity index (χ1) is 20.8. The number of rotatable bonds is 8. The van der Waals surface area contributed by atoms with Crippen molar-refractivity contribution in [3.8, 4) is 11.3 Å². The normalized spacial score (nSPS) is 18.3. The van der Waals surface area contributed by atoms with Gasteiger partial charge in [0.25, 0.3) is 11.5 Å². The van der Waals surface area contributed by atoms with Crippen LogP contribution in [0.25, 0.3) is 16.9 Å². The van der Waals surface area contributed by atoms with Crippen molar-refractivity contribution >= 4 is 17.8 Å². The van der Waals surface area contributed by atoms with Crippen molar-refractivity contribution in [1.29, 1.82) is 5.41 Å². The van der Waals surface area contributed by atoms with Crippen LogP contribution in [0.15, 0.2) is 77.1 Å². The maximum absolute atomic E-state index is 13.4. The third-order valence-corrected chi connectivity index (χ3v) is 8.63. The van der Waals surface area contributed by atoms with E-state index in [1.54, 1.807) is 22.7 Å². The highest BCUT2D eigenvalue weighted by Crippen LogP contribution is 2.28. The van der Waals surface area contributed by atoms with Crippen LogP contribution in [0.4, 0.5) is 0 Å². The molecule has 2 aromatic heterocycles. The summed E-state index contributed by atoms with van der Waals surface area (Å²) in [6.07, 6.45) is 6.94. The molecule has 1 unspecified atom stereocenters. The summed E-state index contributed by atoms with van der Waals surface area (Å²) in [5.74, 6) is -0.254. The minimum Gasteiger partial charge on any atom is -0.390 e. The van der Waals surface area contributed by atoms with Crippen molar-refractivity contribution in [3.05, 3.63) is 99.4 Å². The molecule has 0 saturated carbocycles. The van der Waals surface area contributed by atoms with Gasteiger partial charge in [-0.05, 0) is 48.4 Å². The maximum Gasteiger partial charge on any atom is 0.296 e. The van der Waals surface area contributed by atoms with Crippen LogP contribution in [-0.4, -0.2) is 73.1 Å². The molecule has 1 fully saturated rings. The number of fused-ring (bicyclic) bond motifs is 2. The van der Waals surface area contributed by atoms with Gasteiger partial charge in [0.2, 0.25) is 5.65 Å². The van der Waals surface area contributed by atoms with E-state index in [9.17, 15) is 14.7 Å². The number of carbonyl (C=O) groups is 1. The average molecular weight is 581 g/mol. The largest absolute Gasteiger partial charge is 0.390 e. The molecule has 2 aromatic carbocycles. The molecule has 0 bridgehead atoms. The van der Waals surface area contributed by atoms with Crippen molar-refractivity contribution in [2.75, 3.05) is 20.1 Å². The van der Waals surface area contributed by atoms with E-state index in [0.29, 0.717) is 30.8 Å². The number of allylic oxidation sites excluding steroid dienone is 1. The summed E-state index contributed by atoms with van der Waals surface area (Å²) in [4.78, 5) is 32.8. The molecule has 0 radical (unpaired) electrons. The Morgan fingerprint density at radius 1 is 1.16 bits per heavy atom. The summed E-state index contributed by atoms with van der Waals surface area (Å²) in [5.41, 5.74) is 10.9. The molecule has 1 amide bonds. The number of likely N-dealkylation sites (tertiary alicyclic amines) is 1. The van der Waals surface area contributed by atoms with Gasteiger partial charge in [-0.25, -0.2) is 9.50 Å². The number of nitrogens with zero attached hydrogens (tertiary/aromatic N) is 5. The molecule has 1 aliphatic heterocycles. The van der Waals surface area contributed by atoms with Crippen LogP contribution >= 0.6 is 0 Å². The molecule has 11 nitrogen and oxygen atoms in total. The van der Waals surface area contributed by atoms with E-state index >= 15 is 0 Å². The molecule has 1 saturated heterocycles. The first-order valence-electron chi connectivity index (χ1n) is 14.6. The first kappa shape index (κ1) is 28.5. The van der Waals surface area contributed by atoms with Gasteiger partial charge in [0.1, 0.15) is 6.33 Å².